The molecule has 0 bridgehead atoms. The summed E-state index contributed by atoms with van der Waals surface area (Å²) < 4.78 is 39.2. The van der Waals surface area contributed by atoms with E-state index in [4.69, 9.17) is 0 Å². The molecule has 0 spiro atoms. The number of hydrogen-bond donors (Lipinski definition) is 1. The number of alkyl halides is 3. The molecular weight excluding hydrogens is 359 g/mol. The second-order valence-corrected chi connectivity index (χ2v) is 6.69. The summed E-state index contributed by atoms with van der Waals surface area (Å²) in [5.41, 5.74) is 1.56. The van der Waals surface area contributed by atoms with E-state index in [0.29, 0.717) is 15.3 Å². The SMILES string of the molecule is N#C/C(=C\c1c[nH]c2ccccc12)c1nc2cc(C(F)(F)F)ccc2s1. The van der Waals surface area contributed by atoms with E-state index in [1.165, 1.54) is 17.4 Å². The van der Waals surface area contributed by atoms with E-state index in [9.17, 15) is 18.4 Å². The number of thiazole rings is 1. The molecule has 0 saturated carbocycles. The highest BCUT2D eigenvalue weighted by Gasteiger charge is 2.30. The number of aromatic nitrogens is 2. The van der Waals surface area contributed by atoms with Crippen molar-refractivity contribution in [2.45, 2.75) is 6.18 Å². The maximum Gasteiger partial charge on any atom is 0.416 e. The molecule has 0 aliphatic rings. The van der Waals surface area contributed by atoms with Crippen LogP contribution in [0.3, 0.4) is 0 Å². The smallest absolute Gasteiger partial charge is 0.361 e. The van der Waals surface area contributed by atoms with Crippen molar-refractivity contribution in [1.29, 1.82) is 5.26 Å². The number of H-pyrrole nitrogens is 1. The average Bonchev–Trinajstić information content (AvgIpc) is 3.22. The summed E-state index contributed by atoms with van der Waals surface area (Å²) in [6.45, 7) is 0. The van der Waals surface area contributed by atoms with Gasteiger partial charge in [-0.1, -0.05) is 18.2 Å². The van der Waals surface area contributed by atoms with Crippen molar-refractivity contribution in [2.24, 2.45) is 0 Å². The van der Waals surface area contributed by atoms with Crippen molar-refractivity contribution in [1.82, 2.24) is 9.97 Å². The Hall–Kier alpha value is -3.11. The molecule has 4 aromatic rings. The van der Waals surface area contributed by atoms with E-state index in [1.807, 2.05) is 24.3 Å². The average molecular weight is 369 g/mol. The molecule has 0 amide bonds. The summed E-state index contributed by atoms with van der Waals surface area (Å²) in [4.78, 5) is 7.36. The van der Waals surface area contributed by atoms with Crippen LogP contribution >= 0.6 is 11.3 Å². The van der Waals surface area contributed by atoms with Gasteiger partial charge in [0, 0.05) is 22.7 Å². The lowest BCUT2D eigenvalue weighted by atomic mass is 10.1. The van der Waals surface area contributed by atoms with Crippen molar-refractivity contribution in [2.75, 3.05) is 0 Å². The van der Waals surface area contributed by atoms with Crippen LogP contribution in [0.5, 0.6) is 0 Å². The Bertz CT molecular complexity index is 1190. The lowest BCUT2D eigenvalue weighted by Crippen LogP contribution is -2.03. The zero-order valence-electron chi connectivity index (χ0n) is 13.1. The molecule has 0 unspecified atom stereocenters. The fourth-order valence-corrected chi connectivity index (χ4v) is 3.64. The van der Waals surface area contributed by atoms with Gasteiger partial charge >= 0.3 is 6.18 Å². The number of nitrogens with zero attached hydrogens (tertiary/aromatic N) is 2. The van der Waals surface area contributed by atoms with Gasteiger partial charge in [0.15, 0.2) is 0 Å². The number of hydrogen-bond acceptors (Lipinski definition) is 3. The molecule has 0 atom stereocenters. The molecule has 0 fully saturated rings. The van der Waals surface area contributed by atoms with E-state index in [2.05, 4.69) is 16.0 Å². The van der Waals surface area contributed by atoms with Crippen LogP contribution < -0.4 is 0 Å². The van der Waals surface area contributed by atoms with Crippen LogP contribution in [0.15, 0.2) is 48.7 Å². The molecule has 128 valence electrons. The molecule has 7 heteroatoms. The van der Waals surface area contributed by atoms with Crippen molar-refractivity contribution < 1.29 is 13.2 Å². The van der Waals surface area contributed by atoms with Gasteiger partial charge in [0.25, 0.3) is 0 Å². The van der Waals surface area contributed by atoms with Crippen molar-refractivity contribution in [3.63, 3.8) is 0 Å². The minimum absolute atomic E-state index is 0.236. The molecule has 3 nitrogen and oxygen atoms in total. The van der Waals surface area contributed by atoms with Crippen LogP contribution in [0.1, 0.15) is 16.1 Å². The predicted octanol–water partition coefficient (Wildman–Crippen LogP) is 5.86. The Labute approximate surface area is 150 Å². The van der Waals surface area contributed by atoms with Crippen LogP contribution in [0.25, 0.3) is 32.8 Å². The van der Waals surface area contributed by atoms with Gasteiger partial charge in [-0.3, -0.25) is 0 Å². The second-order valence-electron chi connectivity index (χ2n) is 5.66. The standard InChI is InChI=1S/C19H10F3N3S/c20-19(21,22)13-5-6-17-16(8-13)25-18(26-17)11(9-23)7-12-10-24-15-4-2-1-3-14(12)15/h1-8,10,24H/b11-7+. The molecule has 2 aromatic heterocycles. The predicted molar refractivity (Wildman–Crippen MR) is 96.4 cm³/mol. The van der Waals surface area contributed by atoms with E-state index < -0.39 is 11.7 Å². The van der Waals surface area contributed by atoms with Crippen LogP contribution in [0, 0.1) is 11.3 Å². The zero-order chi connectivity index (χ0) is 18.3. The number of para-hydroxylation sites is 1. The molecule has 2 heterocycles. The van der Waals surface area contributed by atoms with Crippen LogP contribution in [-0.2, 0) is 6.18 Å². The maximum absolute atomic E-state index is 12.9. The van der Waals surface area contributed by atoms with Gasteiger partial charge in [0.2, 0.25) is 0 Å². The Balaban J connectivity index is 1.80. The van der Waals surface area contributed by atoms with Gasteiger partial charge < -0.3 is 4.98 Å². The third-order valence-electron chi connectivity index (χ3n) is 3.99. The number of aromatic amines is 1. The fraction of sp³-hybridized carbons (Fsp3) is 0.0526. The number of fused-ring (bicyclic) bond motifs is 2. The number of benzene rings is 2. The summed E-state index contributed by atoms with van der Waals surface area (Å²) in [7, 11) is 0. The largest absolute Gasteiger partial charge is 0.416 e. The molecule has 0 saturated heterocycles. The summed E-state index contributed by atoms with van der Waals surface area (Å²) in [5, 5.41) is 10.9. The van der Waals surface area contributed by atoms with E-state index in [-0.39, 0.29) is 5.52 Å². The van der Waals surface area contributed by atoms with Gasteiger partial charge in [-0.25, -0.2) is 4.98 Å². The third kappa shape index (κ3) is 2.85. The van der Waals surface area contributed by atoms with Crippen LogP contribution in [0.4, 0.5) is 13.2 Å². The van der Waals surface area contributed by atoms with Crippen molar-refractivity contribution in [3.8, 4) is 6.07 Å². The fourth-order valence-electron chi connectivity index (χ4n) is 2.73. The van der Waals surface area contributed by atoms with E-state index in [0.717, 1.165) is 28.6 Å². The highest BCUT2D eigenvalue weighted by Crippen LogP contribution is 2.34. The minimum atomic E-state index is -4.42. The van der Waals surface area contributed by atoms with Gasteiger partial charge in [0.1, 0.15) is 11.1 Å². The lowest BCUT2D eigenvalue weighted by Gasteiger charge is -2.04. The molecular formula is C19H10F3N3S. The first-order valence-corrected chi connectivity index (χ1v) is 8.43. The monoisotopic (exact) mass is 369 g/mol. The number of allylic oxidation sites excluding steroid dienone is 1. The first-order valence-electron chi connectivity index (χ1n) is 7.62. The highest BCUT2D eigenvalue weighted by atomic mass is 32.1. The second kappa shape index (κ2) is 6.00. The van der Waals surface area contributed by atoms with Gasteiger partial charge in [-0.05, 0) is 30.3 Å². The summed E-state index contributed by atoms with van der Waals surface area (Å²) in [5.74, 6) is 0. The summed E-state index contributed by atoms with van der Waals surface area (Å²) >= 11 is 1.20. The Morgan fingerprint density at radius 1 is 1.19 bits per heavy atom. The first-order chi connectivity index (χ1) is 12.5. The number of nitrogens with one attached hydrogen (secondary N) is 1. The van der Waals surface area contributed by atoms with E-state index >= 15 is 0 Å². The van der Waals surface area contributed by atoms with E-state index in [1.54, 1.807) is 12.3 Å². The van der Waals surface area contributed by atoms with Crippen LogP contribution in [0.2, 0.25) is 0 Å². The molecule has 4 rings (SSSR count). The summed E-state index contributed by atoms with van der Waals surface area (Å²) in [6, 6.07) is 13.2. The number of halogens is 3. The number of rotatable bonds is 2. The number of nitriles is 1. The van der Waals surface area contributed by atoms with Crippen LogP contribution in [-0.4, -0.2) is 9.97 Å². The first kappa shape index (κ1) is 16.4. The Kier molecular flexibility index (Phi) is 3.78. The summed E-state index contributed by atoms with van der Waals surface area (Å²) in [6.07, 6.45) is -0.936. The lowest BCUT2D eigenvalue weighted by molar-refractivity contribution is -0.137. The molecule has 0 radical (unpaired) electrons. The maximum atomic E-state index is 12.9. The molecule has 1 N–H and O–H groups in total. The van der Waals surface area contributed by atoms with Gasteiger partial charge in [0.05, 0.1) is 21.4 Å². The molecule has 26 heavy (non-hydrogen) atoms. The molecule has 0 aliphatic heterocycles. The molecule has 0 aliphatic carbocycles. The quantitative estimate of drug-likeness (QED) is 0.450. The minimum Gasteiger partial charge on any atom is -0.361 e. The highest BCUT2D eigenvalue weighted by molar-refractivity contribution is 7.19. The molecule has 2 aromatic carbocycles. The Morgan fingerprint density at radius 3 is 2.77 bits per heavy atom. The topological polar surface area (TPSA) is 52.5 Å². The van der Waals surface area contributed by atoms with Crippen molar-refractivity contribution >= 4 is 44.1 Å². The Morgan fingerprint density at radius 2 is 2.00 bits per heavy atom. The zero-order valence-corrected chi connectivity index (χ0v) is 13.9. The van der Waals surface area contributed by atoms with Gasteiger partial charge in [-0.15, -0.1) is 11.3 Å². The van der Waals surface area contributed by atoms with Crippen molar-refractivity contribution in [3.05, 3.63) is 64.8 Å². The van der Waals surface area contributed by atoms with Gasteiger partial charge in [-0.2, -0.15) is 18.4 Å². The normalized spacial score (nSPS) is 12.6. The third-order valence-corrected chi connectivity index (χ3v) is 5.06.